The van der Waals surface area contributed by atoms with Crippen LogP contribution in [-0.2, 0) is 6.61 Å². The number of nitrogens with two attached hydrogens (primary N) is 1. The van der Waals surface area contributed by atoms with E-state index in [1.165, 1.54) is 0 Å². The van der Waals surface area contributed by atoms with Gasteiger partial charge in [-0.3, -0.25) is 0 Å². The number of ether oxygens (including phenoxy) is 1. The monoisotopic (exact) mass is 328 g/mol. The Morgan fingerprint density at radius 3 is 2.74 bits per heavy atom. The zero-order valence-electron chi connectivity index (χ0n) is 13.5. The van der Waals surface area contributed by atoms with Crippen LogP contribution < -0.4 is 10.5 Å². The first-order chi connectivity index (χ1) is 11.0. The summed E-state index contributed by atoms with van der Waals surface area (Å²) >= 11 is 1.55. The topological polar surface area (TPSA) is 84.8 Å². The summed E-state index contributed by atoms with van der Waals surface area (Å²) in [7, 11) is 0. The molecule has 120 valence electrons. The molecule has 1 atom stereocenters. The molecule has 0 aliphatic rings. The van der Waals surface area contributed by atoms with E-state index >= 15 is 0 Å². The van der Waals surface area contributed by atoms with Crippen molar-refractivity contribution in [2.45, 2.75) is 44.2 Å². The van der Waals surface area contributed by atoms with Crippen LogP contribution in [-0.4, -0.2) is 15.2 Å². The highest BCUT2D eigenvalue weighted by Gasteiger charge is 2.15. The first kappa shape index (κ1) is 17.1. The van der Waals surface area contributed by atoms with Crippen LogP contribution in [0, 0.1) is 18.3 Å². The van der Waals surface area contributed by atoms with Gasteiger partial charge < -0.3 is 10.5 Å². The van der Waals surface area contributed by atoms with E-state index in [1.54, 1.807) is 11.8 Å². The number of rotatable bonds is 6. The van der Waals surface area contributed by atoms with Crippen LogP contribution in [0.5, 0.6) is 5.75 Å². The van der Waals surface area contributed by atoms with Gasteiger partial charge >= 0.3 is 0 Å². The summed E-state index contributed by atoms with van der Waals surface area (Å²) in [5.41, 5.74) is 7.74. The summed E-state index contributed by atoms with van der Waals surface area (Å²) in [6.45, 7) is 6.37. The van der Waals surface area contributed by atoms with Gasteiger partial charge in [0.15, 0.2) is 5.16 Å². The molecule has 1 heterocycles. The van der Waals surface area contributed by atoms with Crippen molar-refractivity contribution in [3.63, 3.8) is 0 Å². The predicted molar refractivity (Wildman–Crippen MR) is 92.3 cm³/mol. The van der Waals surface area contributed by atoms with Crippen molar-refractivity contribution in [2.75, 3.05) is 5.73 Å². The minimum Gasteiger partial charge on any atom is -0.487 e. The quantitative estimate of drug-likeness (QED) is 0.643. The fourth-order valence-corrected chi connectivity index (χ4v) is 2.75. The third-order valence-electron chi connectivity index (χ3n) is 3.44. The summed E-state index contributed by atoms with van der Waals surface area (Å²) in [4.78, 5) is 8.68. The number of nitriles is 1. The van der Waals surface area contributed by atoms with Gasteiger partial charge in [-0.1, -0.05) is 43.8 Å². The Morgan fingerprint density at radius 1 is 1.35 bits per heavy atom. The standard InChI is InChI=1S/C17H20N4OS/c1-4-12(3)23-17-20-14(13(9-18)16(19)21-17)10-22-15-8-6-5-7-11(15)2/h5-8,12H,4,10H2,1-3H3,(H2,19,20,21). The number of benzene rings is 1. The van der Waals surface area contributed by atoms with Gasteiger partial charge in [0.2, 0.25) is 0 Å². The van der Waals surface area contributed by atoms with Crippen LogP contribution in [0.1, 0.15) is 37.1 Å². The largest absolute Gasteiger partial charge is 0.487 e. The Hall–Kier alpha value is -2.26. The zero-order chi connectivity index (χ0) is 16.8. The maximum Gasteiger partial charge on any atom is 0.190 e. The molecule has 2 N–H and O–H groups in total. The van der Waals surface area contributed by atoms with Gasteiger partial charge in [0, 0.05) is 5.25 Å². The Morgan fingerprint density at radius 2 is 2.09 bits per heavy atom. The molecule has 1 aromatic carbocycles. The molecule has 2 rings (SSSR count). The molecule has 0 aliphatic carbocycles. The number of aromatic nitrogens is 2. The average molecular weight is 328 g/mol. The van der Waals surface area contributed by atoms with Gasteiger partial charge in [-0.2, -0.15) is 5.26 Å². The van der Waals surface area contributed by atoms with Crippen LogP contribution in [0.4, 0.5) is 5.82 Å². The number of hydrogen-bond acceptors (Lipinski definition) is 6. The number of para-hydroxylation sites is 1. The first-order valence-electron chi connectivity index (χ1n) is 7.46. The van der Waals surface area contributed by atoms with Crippen molar-refractivity contribution in [3.05, 3.63) is 41.1 Å². The second-order valence-corrected chi connectivity index (χ2v) is 6.62. The number of aryl methyl sites for hydroxylation is 1. The lowest BCUT2D eigenvalue weighted by Crippen LogP contribution is -2.09. The van der Waals surface area contributed by atoms with Crippen molar-refractivity contribution >= 4 is 17.6 Å². The fraction of sp³-hybridized carbons (Fsp3) is 0.353. The predicted octanol–water partition coefficient (Wildman–Crippen LogP) is 3.71. The van der Waals surface area contributed by atoms with E-state index in [-0.39, 0.29) is 18.0 Å². The van der Waals surface area contributed by atoms with Crippen molar-refractivity contribution in [1.82, 2.24) is 9.97 Å². The summed E-state index contributed by atoms with van der Waals surface area (Å²) in [5, 5.41) is 10.3. The first-order valence-corrected chi connectivity index (χ1v) is 8.34. The molecule has 2 aromatic rings. The molecule has 0 radical (unpaired) electrons. The van der Waals surface area contributed by atoms with Gasteiger partial charge in [0.1, 0.15) is 35.5 Å². The molecular formula is C17H20N4OS. The smallest absolute Gasteiger partial charge is 0.190 e. The van der Waals surface area contributed by atoms with E-state index in [2.05, 4.69) is 29.9 Å². The second-order valence-electron chi connectivity index (χ2n) is 5.22. The van der Waals surface area contributed by atoms with Gasteiger partial charge in [-0.05, 0) is 25.0 Å². The molecule has 5 nitrogen and oxygen atoms in total. The van der Waals surface area contributed by atoms with Gasteiger partial charge in [0.25, 0.3) is 0 Å². The summed E-state index contributed by atoms with van der Waals surface area (Å²) in [6.07, 6.45) is 1.00. The molecule has 0 saturated carbocycles. The van der Waals surface area contributed by atoms with Gasteiger partial charge in [0.05, 0.1) is 0 Å². The van der Waals surface area contributed by atoms with Gasteiger partial charge in [-0.15, -0.1) is 0 Å². The van der Waals surface area contributed by atoms with Crippen molar-refractivity contribution in [3.8, 4) is 11.8 Å². The molecule has 23 heavy (non-hydrogen) atoms. The van der Waals surface area contributed by atoms with Crippen LogP contribution in [0.15, 0.2) is 29.4 Å². The summed E-state index contributed by atoms with van der Waals surface area (Å²) < 4.78 is 5.80. The van der Waals surface area contributed by atoms with Crippen LogP contribution >= 0.6 is 11.8 Å². The lowest BCUT2D eigenvalue weighted by atomic mass is 10.2. The normalized spacial score (nSPS) is 11.7. The van der Waals surface area contributed by atoms with E-state index in [0.29, 0.717) is 16.1 Å². The van der Waals surface area contributed by atoms with E-state index in [9.17, 15) is 5.26 Å². The third kappa shape index (κ3) is 4.36. The minimum atomic E-state index is 0.189. The van der Waals surface area contributed by atoms with E-state index in [4.69, 9.17) is 10.5 Å². The fourth-order valence-electron chi connectivity index (χ4n) is 1.91. The van der Waals surface area contributed by atoms with Crippen molar-refractivity contribution in [2.24, 2.45) is 0 Å². The highest BCUT2D eigenvalue weighted by molar-refractivity contribution is 7.99. The molecule has 0 amide bonds. The molecule has 0 fully saturated rings. The maximum absolute atomic E-state index is 9.30. The number of nitrogen functional groups attached to an aromatic ring is 1. The van der Waals surface area contributed by atoms with Gasteiger partial charge in [-0.25, -0.2) is 9.97 Å². The highest BCUT2D eigenvalue weighted by Crippen LogP contribution is 2.25. The Bertz CT molecular complexity index is 727. The molecule has 0 saturated heterocycles. The number of thioether (sulfide) groups is 1. The highest BCUT2D eigenvalue weighted by atomic mass is 32.2. The van der Waals surface area contributed by atoms with E-state index < -0.39 is 0 Å². The average Bonchev–Trinajstić information content (AvgIpc) is 2.53. The van der Waals surface area contributed by atoms with Crippen molar-refractivity contribution < 1.29 is 4.74 Å². The molecular weight excluding hydrogens is 308 g/mol. The Labute approximate surface area is 140 Å². The number of hydrogen-bond donors (Lipinski definition) is 1. The number of anilines is 1. The van der Waals surface area contributed by atoms with E-state index in [1.807, 2.05) is 31.2 Å². The van der Waals surface area contributed by atoms with E-state index in [0.717, 1.165) is 17.7 Å². The molecule has 1 unspecified atom stereocenters. The molecule has 0 aliphatic heterocycles. The summed E-state index contributed by atoms with van der Waals surface area (Å²) in [5.74, 6) is 0.974. The Balaban J connectivity index is 2.25. The van der Waals surface area contributed by atoms with Crippen LogP contribution in [0.25, 0.3) is 0 Å². The lowest BCUT2D eigenvalue weighted by Gasteiger charge is -2.12. The minimum absolute atomic E-state index is 0.189. The van der Waals surface area contributed by atoms with Crippen LogP contribution in [0.2, 0.25) is 0 Å². The second kappa shape index (κ2) is 7.84. The molecule has 6 heteroatoms. The van der Waals surface area contributed by atoms with Crippen molar-refractivity contribution in [1.29, 1.82) is 5.26 Å². The summed E-state index contributed by atoms with van der Waals surface area (Å²) in [6, 6.07) is 9.79. The zero-order valence-corrected chi connectivity index (χ0v) is 14.4. The van der Waals surface area contributed by atoms with Crippen LogP contribution in [0.3, 0.4) is 0 Å². The number of nitrogens with zero attached hydrogens (tertiary/aromatic N) is 3. The third-order valence-corrected chi connectivity index (χ3v) is 4.57. The lowest BCUT2D eigenvalue weighted by molar-refractivity contribution is 0.297. The Kier molecular flexibility index (Phi) is 5.83. The molecule has 1 aromatic heterocycles. The maximum atomic E-state index is 9.30. The SMILES string of the molecule is CCC(C)Sc1nc(N)c(C#N)c(COc2ccccc2C)n1. The molecule has 0 spiro atoms. The molecule has 0 bridgehead atoms.